The first-order valence-electron chi connectivity index (χ1n) is 6.28. The molecule has 0 amide bonds. The molecular weight excluding hydrogens is 292 g/mol. The molecule has 0 bridgehead atoms. The van der Waals surface area contributed by atoms with Gasteiger partial charge in [-0.15, -0.1) is 0 Å². The summed E-state index contributed by atoms with van der Waals surface area (Å²) in [6.45, 7) is 4.11. The maximum Gasteiger partial charge on any atom is 0.145 e. The molecule has 0 saturated heterocycles. The minimum atomic E-state index is -0.379. The maximum absolute atomic E-state index is 5.75. The molecule has 108 valence electrons. The molecule has 2 rings (SSSR count). The highest BCUT2D eigenvalue weighted by molar-refractivity contribution is 7.75. The predicted octanol–water partition coefficient (Wildman–Crippen LogP) is 3.38. The van der Waals surface area contributed by atoms with Gasteiger partial charge in [-0.05, 0) is 31.0 Å². The van der Waals surface area contributed by atoms with Gasteiger partial charge in [0, 0.05) is 36.6 Å². The summed E-state index contributed by atoms with van der Waals surface area (Å²) in [6.07, 6.45) is 0.820. The van der Waals surface area contributed by atoms with Gasteiger partial charge in [0.1, 0.15) is 11.5 Å². The monoisotopic (exact) mass is 310 g/mol. The van der Waals surface area contributed by atoms with E-state index in [9.17, 15) is 0 Å². The molecule has 0 spiro atoms. The number of benzene rings is 2. The predicted molar refractivity (Wildman–Crippen MR) is 88.1 cm³/mol. The van der Waals surface area contributed by atoms with Gasteiger partial charge >= 0.3 is 0 Å². The van der Waals surface area contributed by atoms with E-state index in [0.717, 1.165) is 22.8 Å². The number of hydrazine groups is 1. The zero-order valence-electron chi connectivity index (χ0n) is 11.4. The Labute approximate surface area is 129 Å². The fraction of sp³-hybridized carbons (Fsp3) is 0.286. The van der Waals surface area contributed by atoms with Gasteiger partial charge in [-0.25, -0.2) is 0 Å². The molecule has 0 fully saturated rings. The Morgan fingerprint density at radius 3 is 2.40 bits per heavy atom. The molecular formula is C14H18N2O2S2. The lowest BCUT2D eigenvalue weighted by atomic mass is 9.86. The molecule has 20 heavy (non-hydrogen) atoms. The van der Waals surface area contributed by atoms with Crippen LogP contribution in [-0.2, 0) is 5.54 Å². The van der Waals surface area contributed by atoms with Gasteiger partial charge in [0.15, 0.2) is 0 Å². The second kappa shape index (κ2) is 6.13. The van der Waals surface area contributed by atoms with Crippen LogP contribution in [0.3, 0.4) is 0 Å². The van der Waals surface area contributed by atoms with Crippen molar-refractivity contribution in [3.8, 4) is 11.5 Å². The van der Waals surface area contributed by atoms with Crippen molar-refractivity contribution < 1.29 is 8.37 Å². The molecule has 0 aliphatic carbocycles. The van der Waals surface area contributed by atoms with E-state index in [0.29, 0.717) is 11.5 Å². The lowest BCUT2D eigenvalue weighted by Gasteiger charge is -2.30. The largest absolute Gasteiger partial charge is 0.428 e. The molecule has 0 aliphatic heterocycles. The molecule has 0 radical (unpaired) electrons. The summed E-state index contributed by atoms with van der Waals surface area (Å²) in [6, 6.07) is 9.53. The first-order chi connectivity index (χ1) is 9.61. The Balaban J connectivity index is 2.86. The number of fused-ring (bicyclic) bond motifs is 1. The van der Waals surface area contributed by atoms with E-state index in [1.165, 1.54) is 0 Å². The Hall–Kier alpha value is -1.08. The highest BCUT2D eigenvalue weighted by atomic mass is 32.1. The molecule has 4 nitrogen and oxygen atoms in total. The van der Waals surface area contributed by atoms with Gasteiger partial charge in [0.05, 0.1) is 5.54 Å². The van der Waals surface area contributed by atoms with E-state index >= 15 is 0 Å². The highest BCUT2D eigenvalue weighted by Gasteiger charge is 2.27. The van der Waals surface area contributed by atoms with Gasteiger partial charge in [-0.1, -0.05) is 25.1 Å². The zero-order chi connectivity index (χ0) is 14.8. The van der Waals surface area contributed by atoms with Crippen LogP contribution in [0.2, 0.25) is 0 Å². The van der Waals surface area contributed by atoms with Crippen LogP contribution in [-0.4, -0.2) is 0 Å². The number of hydrogen-bond acceptors (Lipinski definition) is 6. The number of nitrogens with two attached hydrogens (primary N) is 1. The fourth-order valence-electron chi connectivity index (χ4n) is 2.33. The van der Waals surface area contributed by atoms with Gasteiger partial charge < -0.3 is 8.37 Å². The molecule has 0 saturated carbocycles. The lowest BCUT2D eigenvalue weighted by molar-refractivity contribution is 0.364. The Bertz CT molecular complexity index is 615. The molecule has 1 unspecified atom stereocenters. The standard InChI is InChI=1S/C14H18N2O2S2/c1-3-14(2,16-15)10-7-8-11(17-19)9-5-4-6-12(18-20)13(9)10/h4-8,16,19-20H,3,15H2,1-2H3. The number of thiol groups is 2. The number of hydrogen-bond donors (Lipinski definition) is 4. The van der Waals surface area contributed by atoms with Crippen LogP contribution >= 0.6 is 25.8 Å². The Kier molecular flexibility index (Phi) is 4.70. The third-order valence-electron chi connectivity index (χ3n) is 3.78. The minimum Gasteiger partial charge on any atom is -0.428 e. The third-order valence-corrected chi connectivity index (χ3v) is 4.17. The quantitative estimate of drug-likeness (QED) is 0.296. The lowest BCUT2D eigenvalue weighted by Crippen LogP contribution is -2.43. The van der Waals surface area contributed by atoms with E-state index < -0.39 is 0 Å². The van der Waals surface area contributed by atoms with Crippen LogP contribution < -0.4 is 19.6 Å². The number of nitrogens with one attached hydrogen (secondary N) is 1. The van der Waals surface area contributed by atoms with Crippen LogP contribution in [0.4, 0.5) is 0 Å². The molecule has 3 N–H and O–H groups in total. The summed E-state index contributed by atoms with van der Waals surface area (Å²) in [5.41, 5.74) is 3.53. The summed E-state index contributed by atoms with van der Waals surface area (Å²) in [5, 5.41) is 1.82. The van der Waals surface area contributed by atoms with Crippen molar-refractivity contribution in [2.24, 2.45) is 5.84 Å². The zero-order valence-corrected chi connectivity index (χ0v) is 13.2. The molecule has 6 heteroatoms. The van der Waals surface area contributed by atoms with Gasteiger partial charge in [0.2, 0.25) is 0 Å². The second-order valence-corrected chi connectivity index (χ2v) is 5.17. The first-order valence-corrected chi connectivity index (χ1v) is 7.01. The molecule has 2 aromatic rings. The van der Waals surface area contributed by atoms with E-state index in [2.05, 4.69) is 38.2 Å². The minimum absolute atomic E-state index is 0.379. The van der Waals surface area contributed by atoms with Crippen molar-refractivity contribution in [1.82, 2.24) is 5.43 Å². The van der Waals surface area contributed by atoms with Crippen molar-refractivity contribution in [2.75, 3.05) is 0 Å². The van der Waals surface area contributed by atoms with Crippen molar-refractivity contribution >= 4 is 36.6 Å². The van der Waals surface area contributed by atoms with Gasteiger partial charge in [-0.3, -0.25) is 11.3 Å². The molecule has 0 aromatic heterocycles. The van der Waals surface area contributed by atoms with Crippen molar-refractivity contribution in [2.45, 2.75) is 25.8 Å². The van der Waals surface area contributed by atoms with Crippen LogP contribution in [0.25, 0.3) is 10.8 Å². The summed E-state index contributed by atoms with van der Waals surface area (Å²) in [5.74, 6) is 7.06. The molecule has 2 aromatic carbocycles. The topological polar surface area (TPSA) is 56.5 Å². The van der Waals surface area contributed by atoms with E-state index in [4.69, 9.17) is 14.2 Å². The van der Waals surface area contributed by atoms with Crippen LogP contribution in [0.5, 0.6) is 11.5 Å². The average Bonchev–Trinajstić information content (AvgIpc) is 2.52. The maximum atomic E-state index is 5.75. The summed E-state index contributed by atoms with van der Waals surface area (Å²) >= 11 is 7.84. The SMILES string of the molecule is CCC(C)(NN)c1ccc(OS)c2cccc(OS)c12. The average molecular weight is 310 g/mol. The van der Waals surface area contributed by atoms with Crippen LogP contribution in [0, 0.1) is 0 Å². The summed E-state index contributed by atoms with van der Waals surface area (Å²) in [4.78, 5) is 0. The Morgan fingerprint density at radius 1 is 1.15 bits per heavy atom. The van der Waals surface area contributed by atoms with Crippen LogP contribution in [0.1, 0.15) is 25.8 Å². The van der Waals surface area contributed by atoms with Crippen molar-refractivity contribution in [3.63, 3.8) is 0 Å². The highest BCUT2D eigenvalue weighted by Crippen LogP contribution is 2.40. The summed E-state index contributed by atoms with van der Waals surface area (Å²) in [7, 11) is 0. The van der Waals surface area contributed by atoms with Crippen LogP contribution in [0.15, 0.2) is 30.3 Å². The van der Waals surface area contributed by atoms with Crippen molar-refractivity contribution in [3.05, 3.63) is 35.9 Å². The summed E-state index contributed by atoms with van der Waals surface area (Å²) < 4.78 is 10.3. The second-order valence-electron chi connectivity index (χ2n) is 4.80. The van der Waals surface area contributed by atoms with Gasteiger partial charge in [0.25, 0.3) is 0 Å². The van der Waals surface area contributed by atoms with E-state index in [-0.39, 0.29) is 5.54 Å². The molecule has 0 aliphatic rings. The van der Waals surface area contributed by atoms with E-state index in [1.54, 1.807) is 0 Å². The van der Waals surface area contributed by atoms with Crippen molar-refractivity contribution in [1.29, 1.82) is 0 Å². The normalized spacial score (nSPS) is 14.1. The van der Waals surface area contributed by atoms with E-state index in [1.807, 2.05) is 37.3 Å². The smallest absolute Gasteiger partial charge is 0.145 e. The molecule has 1 atom stereocenters. The number of rotatable bonds is 5. The fourth-order valence-corrected chi connectivity index (χ4v) is 2.64. The molecule has 0 heterocycles. The first kappa shape index (κ1) is 15.3. The Morgan fingerprint density at radius 2 is 1.85 bits per heavy atom. The third kappa shape index (κ3) is 2.44. The van der Waals surface area contributed by atoms with Gasteiger partial charge in [-0.2, -0.15) is 0 Å².